The minimum atomic E-state index is -3.32. The summed E-state index contributed by atoms with van der Waals surface area (Å²) < 4.78 is 24.3. The first-order valence-electron chi connectivity index (χ1n) is 4.69. The van der Waals surface area contributed by atoms with Gasteiger partial charge in [-0.2, -0.15) is 4.31 Å². The van der Waals surface area contributed by atoms with Crippen LogP contribution in [0.5, 0.6) is 5.75 Å². The molecule has 16 heavy (non-hydrogen) atoms. The molecule has 0 bridgehead atoms. The first-order valence-corrected chi connectivity index (χ1v) is 7.42. The fourth-order valence-corrected chi connectivity index (χ4v) is 3.07. The average Bonchev–Trinajstić information content (AvgIpc) is 2.27. The largest absolute Gasteiger partial charge is 0.508 e. The zero-order chi connectivity index (χ0) is 12.3. The summed E-state index contributed by atoms with van der Waals surface area (Å²) in [6.07, 6.45) is 0. The van der Waals surface area contributed by atoms with Gasteiger partial charge in [0.05, 0.1) is 6.04 Å². The van der Waals surface area contributed by atoms with Crippen molar-refractivity contribution in [1.29, 1.82) is 0 Å². The highest BCUT2D eigenvalue weighted by Gasteiger charge is 2.24. The summed E-state index contributed by atoms with van der Waals surface area (Å²) >= 11 is 2.94. The number of sulfonamides is 1. The van der Waals surface area contributed by atoms with Gasteiger partial charge in [0.1, 0.15) is 10.4 Å². The van der Waals surface area contributed by atoms with E-state index in [0.717, 1.165) is 0 Å². The van der Waals surface area contributed by atoms with Crippen molar-refractivity contribution in [2.45, 2.75) is 13.0 Å². The number of rotatable bonds is 4. The van der Waals surface area contributed by atoms with Gasteiger partial charge in [-0.1, -0.05) is 34.1 Å². The molecule has 1 unspecified atom stereocenters. The number of aromatic hydroxyl groups is 1. The molecule has 0 fully saturated rings. The number of nitrogens with zero attached hydrogens (tertiary/aromatic N) is 1. The summed E-state index contributed by atoms with van der Waals surface area (Å²) in [5.41, 5.74) is 0.592. The summed E-state index contributed by atoms with van der Waals surface area (Å²) in [6.45, 7) is 1.73. The van der Waals surface area contributed by atoms with E-state index >= 15 is 0 Å². The van der Waals surface area contributed by atoms with Crippen molar-refractivity contribution < 1.29 is 13.5 Å². The van der Waals surface area contributed by atoms with Gasteiger partial charge < -0.3 is 5.11 Å². The van der Waals surface area contributed by atoms with Crippen LogP contribution in [-0.2, 0) is 10.0 Å². The molecule has 1 aromatic rings. The quantitative estimate of drug-likeness (QED) is 0.866. The third kappa shape index (κ3) is 2.75. The standard InChI is InChI=1S/C10H14BrNO3S/c1-8(12(2)16(14,15)7-11)9-5-3-4-6-10(9)13/h3-6,8,13H,7H2,1-2H3. The zero-order valence-electron chi connectivity index (χ0n) is 9.09. The smallest absolute Gasteiger partial charge is 0.224 e. The van der Waals surface area contributed by atoms with Gasteiger partial charge in [-0.15, -0.1) is 0 Å². The second-order valence-electron chi connectivity index (χ2n) is 3.47. The predicted octanol–water partition coefficient (Wildman–Crippen LogP) is 2.07. The molecule has 4 nitrogen and oxygen atoms in total. The Morgan fingerprint density at radius 2 is 2.00 bits per heavy atom. The lowest BCUT2D eigenvalue weighted by Gasteiger charge is -2.24. The van der Waals surface area contributed by atoms with Gasteiger partial charge in [-0.25, -0.2) is 8.42 Å². The molecule has 0 saturated carbocycles. The molecule has 6 heteroatoms. The Morgan fingerprint density at radius 3 is 2.50 bits per heavy atom. The number of halogens is 1. The van der Waals surface area contributed by atoms with Gasteiger partial charge in [0.25, 0.3) is 0 Å². The summed E-state index contributed by atoms with van der Waals surface area (Å²) in [4.78, 5) is 0. The van der Waals surface area contributed by atoms with E-state index in [1.807, 2.05) is 0 Å². The number of phenolic OH excluding ortho intramolecular Hbond substituents is 1. The van der Waals surface area contributed by atoms with Crippen molar-refractivity contribution in [1.82, 2.24) is 4.31 Å². The number of benzene rings is 1. The topological polar surface area (TPSA) is 57.6 Å². The minimum absolute atomic E-state index is 0.103. The Balaban J connectivity index is 3.04. The molecule has 1 rings (SSSR count). The fourth-order valence-electron chi connectivity index (χ4n) is 1.35. The van der Waals surface area contributed by atoms with Crippen LogP contribution < -0.4 is 0 Å². The van der Waals surface area contributed by atoms with Gasteiger partial charge >= 0.3 is 0 Å². The molecule has 1 atom stereocenters. The summed E-state index contributed by atoms with van der Waals surface area (Å²) in [6, 6.07) is 6.31. The van der Waals surface area contributed by atoms with Crippen LogP contribution in [-0.4, -0.2) is 29.5 Å². The van der Waals surface area contributed by atoms with E-state index in [-0.39, 0.29) is 10.4 Å². The lowest BCUT2D eigenvalue weighted by molar-refractivity contribution is 0.383. The molecule has 0 saturated heterocycles. The van der Waals surface area contributed by atoms with Gasteiger partial charge in [-0.05, 0) is 13.0 Å². The number of hydrogen-bond acceptors (Lipinski definition) is 3. The highest BCUT2D eigenvalue weighted by molar-refractivity contribution is 9.10. The van der Waals surface area contributed by atoms with Crippen LogP contribution in [0, 0.1) is 0 Å². The van der Waals surface area contributed by atoms with E-state index in [0.29, 0.717) is 5.56 Å². The van der Waals surface area contributed by atoms with Crippen molar-refractivity contribution >= 4 is 26.0 Å². The van der Waals surface area contributed by atoms with Crippen LogP contribution >= 0.6 is 15.9 Å². The van der Waals surface area contributed by atoms with Gasteiger partial charge in [0.15, 0.2) is 0 Å². The van der Waals surface area contributed by atoms with E-state index in [9.17, 15) is 13.5 Å². The van der Waals surface area contributed by atoms with E-state index < -0.39 is 16.1 Å². The van der Waals surface area contributed by atoms with E-state index in [2.05, 4.69) is 15.9 Å². The highest BCUT2D eigenvalue weighted by atomic mass is 79.9. The van der Waals surface area contributed by atoms with Crippen molar-refractivity contribution in [3.05, 3.63) is 29.8 Å². The molecular weight excluding hydrogens is 294 g/mol. The molecule has 90 valence electrons. The maximum atomic E-state index is 11.6. The Morgan fingerprint density at radius 1 is 1.44 bits per heavy atom. The van der Waals surface area contributed by atoms with E-state index in [1.165, 1.54) is 11.4 Å². The summed E-state index contributed by atoms with van der Waals surface area (Å²) in [5.74, 6) is 0.103. The van der Waals surface area contributed by atoms with Crippen LogP contribution in [0.15, 0.2) is 24.3 Å². The molecule has 1 N–H and O–H groups in total. The Bertz CT molecular complexity index is 461. The van der Waals surface area contributed by atoms with Crippen molar-refractivity contribution in [2.24, 2.45) is 0 Å². The maximum absolute atomic E-state index is 11.6. The molecule has 0 aliphatic rings. The highest BCUT2D eigenvalue weighted by Crippen LogP contribution is 2.28. The second kappa shape index (κ2) is 5.16. The maximum Gasteiger partial charge on any atom is 0.224 e. The van der Waals surface area contributed by atoms with Gasteiger partial charge in [0, 0.05) is 12.6 Å². The normalized spacial score (nSPS) is 14.0. The predicted molar refractivity (Wildman–Crippen MR) is 67.0 cm³/mol. The lowest BCUT2D eigenvalue weighted by Crippen LogP contribution is -2.30. The van der Waals surface area contributed by atoms with E-state index in [1.54, 1.807) is 31.2 Å². The number of para-hydroxylation sites is 1. The van der Waals surface area contributed by atoms with Gasteiger partial charge in [-0.3, -0.25) is 0 Å². The third-order valence-corrected chi connectivity index (χ3v) is 5.71. The number of hydrogen-bond donors (Lipinski definition) is 1. The minimum Gasteiger partial charge on any atom is -0.508 e. The van der Waals surface area contributed by atoms with Crippen molar-refractivity contribution in [2.75, 3.05) is 11.7 Å². The van der Waals surface area contributed by atoms with Crippen LogP contribution in [0.25, 0.3) is 0 Å². The first kappa shape index (κ1) is 13.5. The van der Waals surface area contributed by atoms with Gasteiger partial charge in [0.2, 0.25) is 10.0 Å². The average molecular weight is 308 g/mol. The van der Waals surface area contributed by atoms with Crippen molar-refractivity contribution in [3.8, 4) is 5.75 Å². The molecule has 1 aromatic carbocycles. The summed E-state index contributed by atoms with van der Waals surface area (Å²) in [5, 5.41) is 9.64. The first-order chi connectivity index (χ1) is 7.40. The zero-order valence-corrected chi connectivity index (χ0v) is 11.5. The fraction of sp³-hybridized carbons (Fsp3) is 0.400. The molecule has 0 radical (unpaired) electrons. The third-order valence-electron chi connectivity index (χ3n) is 2.51. The van der Waals surface area contributed by atoms with Crippen LogP contribution in [0.1, 0.15) is 18.5 Å². The summed E-state index contributed by atoms with van der Waals surface area (Å²) in [7, 11) is -1.83. The Hall–Kier alpha value is -0.590. The molecule has 0 heterocycles. The molecule has 0 amide bonds. The van der Waals surface area contributed by atoms with Crippen molar-refractivity contribution in [3.63, 3.8) is 0 Å². The Labute approximate surface area is 104 Å². The van der Waals surface area contributed by atoms with Crippen LogP contribution in [0.2, 0.25) is 0 Å². The Kier molecular flexibility index (Phi) is 4.35. The van der Waals surface area contributed by atoms with Crippen LogP contribution in [0.4, 0.5) is 0 Å². The molecule has 0 aliphatic carbocycles. The van der Waals surface area contributed by atoms with E-state index in [4.69, 9.17) is 0 Å². The number of alkyl halides is 1. The lowest BCUT2D eigenvalue weighted by atomic mass is 10.1. The monoisotopic (exact) mass is 307 g/mol. The molecule has 0 aliphatic heterocycles. The molecule has 0 aromatic heterocycles. The second-order valence-corrected chi connectivity index (χ2v) is 6.80. The molecule has 0 spiro atoms. The molecular formula is C10H14BrNO3S. The number of phenols is 1. The SMILES string of the molecule is CC(c1ccccc1O)N(C)S(=O)(=O)CBr. The van der Waals surface area contributed by atoms with Crippen LogP contribution in [0.3, 0.4) is 0 Å².